The van der Waals surface area contributed by atoms with Gasteiger partial charge in [-0.3, -0.25) is 0 Å². The Morgan fingerprint density at radius 1 is 0.870 bits per heavy atom. The van der Waals surface area contributed by atoms with Crippen LogP contribution < -0.4 is 0 Å². The molecule has 0 bridgehead atoms. The van der Waals surface area contributed by atoms with E-state index in [0.29, 0.717) is 0 Å². The lowest BCUT2D eigenvalue weighted by Gasteiger charge is -2.41. The predicted molar refractivity (Wildman–Crippen MR) is 96.7 cm³/mol. The number of rotatable bonds is 0. The quantitative estimate of drug-likeness (QED) is 0.614. The van der Waals surface area contributed by atoms with Gasteiger partial charge in [-0.25, -0.2) is 4.98 Å². The lowest BCUT2D eigenvalue weighted by molar-refractivity contribution is 0.332. The molecular formula is C22H25N. The van der Waals surface area contributed by atoms with Gasteiger partial charge < -0.3 is 0 Å². The molecule has 0 saturated heterocycles. The maximum Gasteiger partial charge on any atom is 0.113 e. The van der Waals surface area contributed by atoms with E-state index in [1.807, 2.05) is 19.2 Å². The van der Waals surface area contributed by atoms with Gasteiger partial charge in [-0.2, -0.15) is 0 Å². The summed E-state index contributed by atoms with van der Waals surface area (Å²) in [5.74, 6) is 6.47. The molecule has 118 valence electrons. The first kappa shape index (κ1) is 15.8. The summed E-state index contributed by atoms with van der Waals surface area (Å²) in [6.07, 6.45) is 4.33. The number of pyridine rings is 1. The lowest BCUT2D eigenvalue weighted by atomic mass is 9.63. The molecule has 0 N–H and O–H groups in total. The molecule has 0 saturated carbocycles. The summed E-state index contributed by atoms with van der Waals surface area (Å²) < 4.78 is 0. The van der Waals surface area contributed by atoms with E-state index >= 15 is 0 Å². The Labute approximate surface area is 140 Å². The Morgan fingerprint density at radius 2 is 1.57 bits per heavy atom. The largest absolute Gasteiger partial charge is 0.248 e. The molecule has 0 atom stereocenters. The molecule has 3 rings (SSSR count). The molecule has 0 fully saturated rings. The number of hydrogen-bond donors (Lipinski definition) is 0. The third kappa shape index (κ3) is 3.17. The molecule has 23 heavy (non-hydrogen) atoms. The van der Waals surface area contributed by atoms with Crippen molar-refractivity contribution in [2.75, 3.05) is 0 Å². The third-order valence-corrected chi connectivity index (χ3v) is 5.10. The van der Waals surface area contributed by atoms with E-state index in [-0.39, 0.29) is 10.8 Å². The Kier molecular flexibility index (Phi) is 3.80. The van der Waals surface area contributed by atoms with E-state index in [1.54, 1.807) is 0 Å². The van der Waals surface area contributed by atoms with Gasteiger partial charge in [-0.05, 0) is 71.4 Å². The van der Waals surface area contributed by atoms with Crippen LogP contribution in [-0.4, -0.2) is 4.98 Å². The molecule has 1 heteroatoms. The van der Waals surface area contributed by atoms with Crippen molar-refractivity contribution in [3.05, 3.63) is 64.5 Å². The van der Waals surface area contributed by atoms with Gasteiger partial charge in [0, 0.05) is 11.8 Å². The van der Waals surface area contributed by atoms with Gasteiger partial charge in [0.25, 0.3) is 0 Å². The number of nitrogens with zero attached hydrogens (tertiary/aromatic N) is 1. The fourth-order valence-corrected chi connectivity index (χ4v) is 3.34. The summed E-state index contributed by atoms with van der Waals surface area (Å²) in [7, 11) is 0. The normalized spacial score (nSPS) is 17.8. The summed E-state index contributed by atoms with van der Waals surface area (Å²) in [5.41, 5.74) is 6.49. The second kappa shape index (κ2) is 5.53. The molecule has 0 amide bonds. The highest BCUT2D eigenvalue weighted by molar-refractivity contribution is 5.49. The summed E-state index contributed by atoms with van der Waals surface area (Å²) in [4.78, 5) is 4.36. The van der Waals surface area contributed by atoms with Crippen LogP contribution >= 0.6 is 0 Å². The Hall–Kier alpha value is -2.07. The third-order valence-electron chi connectivity index (χ3n) is 5.10. The van der Waals surface area contributed by atoms with E-state index in [9.17, 15) is 0 Å². The van der Waals surface area contributed by atoms with E-state index in [4.69, 9.17) is 0 Å². The van der Waals surface area contributed by atoms with Crippen LogP contribution in [0.2, 0.25) is 0 Å². The van der Waals surface area contributed by atoms with Gasteiger partial charge in [0.2, 0.25) is 0 Å². The molecule has 0 unspecified atom stereocenters. The van der Waals surface area contributed by atoms with E-state index in [1.165, 1.54) is 24.0 Å². The van der Waals surface area contributed by atoms with Crippen LogP contribution in [0.25, 0.3) is 0 Å². The fraction of sp³-hybridized carbons (Fsp3) is 0.409. The maximum absolute atomic E-state index is 4.36. The minimum Gasteiger partial charge on any atom is -0.248 e. The van der Waals surface area contributed by atoms with Crippen molar-refractivity contribution in [2.45, 2.75) is 58.3 Å². The Balaban J connectivity index is 1.99. The highest BCUT2D eigenvalue weighted by atomic mass is 14.7. The number of aryl methyl sites for hydroxylation is 1. The summed E-state index contributed by atoms with van der Waals surface area (Å²) in [5, 5.41) is 0. The molecule has 1 aliphatic rings. The summed E-state index contributed by atoms with van der Waals surface area (Å²) in [6, 6.07) is 10.8. The molecule has 1 heterocycles. The molecule has 0 radical (unpaired) electrons. The Bertz CT molecular complexity index is 783. The van der Waals surface area contributed by atoms with Crippen LogP contribution in [-0.2, 0) is 10.8 Å². The second-order valence-corrected chi connectivity index (χ2v) is 8.00. The first-order valence-corrected chi connectivity index (χ1v) is 8.38. The van der Waals surface area contributed by atoms with Crippen LogP contribution in [0.3, 0.4) is 0 Å². The SMILES string of the molecule is Cc1ccc(C#Cc2ccc3c(c2)C(C)(C)CCC3(C)C)nc1. The summed E-state index contributed by atoms with van der Waals surface area (Å²) in [6.45, 7) is 11.4. The smallest absolute Gasteiger partial charge is 0.113 e. The number of benzene rings is 1. The van der Waals surface area contributed by atoms with Gasteiger partial charge in [-0.15, -0.1) is 0 Å². The molecule has 1 aliphatic carbocycles. The van der Waals surface area contributed by atoms with E-state index < -0.39 is 0 Å². The van der Waals surface area contributed by atoms with Crippen LogP contribution in [0.1, 0.15) is 68.5 Å². The average molecular weight is 303 g/mol. The van der Waals surface area contributed by atoms with E-state index in [2.05, 4.69) is 68.8 Å². The minimum atomic E-state index is 0.227. The molecule has 1 aromatic carbocycles. The second-order valence-electron chi connectivity index (χ2n) is 8.00. The van der Waals surface area contributed by atoms with Crippen LogP contribution in [0.4, 0.5) is 0 Å². The lowest BCUT2D eigenvalue weighted by Crippen LogP contribution is -2.33. The monoisotopic (exact) mass is 303 g/mol. The highest BCUT2D eigenvalue weighted by Gasteiger charge is 2.36. The van der Waals surface area contributed by atoms with Crippen molar-refractivity contribution in [1.82, 2.24) is 4.98 Å². The molecule has 1 aromatic heterocycles. The van der Waals surface area contributed by atoms with E-state index in [0.717, 1.165) is 16.8 Å². The van der Waals surface area contributed by atoms with Crippen molar-refractivity contribution in [3.63, 3.8) is 0 Å². The minimum absolute atomic E-state index is 0.227. The fourth-order valence-electron chi connectivity index (χ4n) is 3.34. The van der Waals surface area contributed by atoms with Gasteiger partial charge in [0.05, 0.1) is 0 Å². The zero-order valence-corrected chi connectivity index (χ0v) is 14.8. The standard InChI is InChI=1S/C22H25N/c1-16-6-9-18(23-15-16)10-7-17-8-11-19-20(14-17)22(4,5)13-12-21(19,2)3/h6,8-9,11,14-15H,12-13H2,1-5H3. The van der Waals surface area contributed by atoms with Crippen molar-refractivity contribution in [2.24, 2.45) is 0 Å². The van der Waals surface area contributed by atoms with Gasteiger partial charge in [0.15, 0.2) is 0 Å². The molecular weight excluding hydrogens is 278 g/mol. The van der Waals surface area contributed by atoms with Crippen molar-refractivity contribution < 1.29 is 0 Å². The first-order chi connectivity index (χ1) is 10.8. The number of hydrogen-bond acceptors (Lipinski definition) is 1. The van der Waals surface area contributed by atoms with Gasteiger partial charge in [0.1, 0.15) is 5.69 Å². The zero-order chi connectivity index (χ0) is 16.7. The Morgan fingerprint density at radius 3 is 2.22 bits per heavy atom. The zero-order valence-electron chi connectivity index (χ0n) is 14.8. The van der Waals surface area contributed by atoms with Crippen LogP contribution in [0.5, 0.6) is 0 Å². The molecule has 0 aliphatic heterocycles. The van der Waals surface area contributed by atoms with Crippen molar-refractivity contribution in [1.29, 1.82) is 0 Å². The molecule has 1 nitrogen and oxygen atoms in total. The average Bonchev–Trinajstić information content (AvgIpc) is 2.51. The first-order valence-electron chi connectivity index (χ1n) is 8.38. The topological polar surface area (TPSA) is 12.9 Å². The van der Waals surface area contributed by atoms with Gasteiger partial charge in [-0.1, -0.05) is 45.7 Å². The van der Waals surface area contributed by atoms with Crippen LogP contribution in [0.15, 0.2) is 36.5 Å². The molecule has 0 spiro atoms. The van der Waals surface area contributed by atoms with Crippen LogP contribution in [0, 0.1) is 18.8 Å². The van der Waals surface area contributed by atoms with Crippen molar-refractivity contribution in [3.8, 4) is 11.8 Å². The maximum atomic E-state index is 4.36. The number of fused-ring (bicyclic) bond motifs is 1. The van der Waals surface area contributed by atoms with Crippen molar-refractivity contribution >= 4 is 0 Å². The summed E-state index contributed by atoms with van der Waals surface area (Å²) >= 11 is 0. The predicted octanol–water partition coefficient (Wildman–Crippen LogP) is 5.14. The number of aromatic nitrogens is 1. The molecule has 2 aromatic rings. The highest BCUT2D eigenvalue weighted by Crippen LogP contribution is 2.45. The van der Waals surface area contributed by atoms with Gasteiger partial charge >= 0.3 is 0 Å².